The van der Waals surface area contributed by atoms with Crippen molar-refractivity contribution in [1.82, 2.24) is 10.3 Å². The highest BCUT2D eigenvalue weighted by molar-refractivity contribution is 9.10. The number of aromatic nitrogens is 1. The molecule has 0 saturated carbocycles. The van der Waals surface area contributed by atoms with Gasteiger partial charge in [0.05, 0.1) is 18.7 Å². The molecule has 1 amide bonds. The van der Waals surface area contributed by atoms with Crippen LogP contribution in [0.1, 0.15) is 33.2 Å². The molecule has 0 unspecified atom stereocenters. The molecule has 3 rings (SSSR count). The number of nitrogens with one attached hydrogen (secondary N) is 1. The summed E-state index contributed by atoms with van der Waals surface area (Å²) in [5.74, 6) is -0.693. The van der Waals surface area contributed by atoms with Crippen LogP contribution in [-0.4, -0.2) is 28.6 Å². The Bertz CT molecular complexity index is 1060. The number of amides is 1. The van der Waals surface area contributed by atoms with Gasteiger partial charge >= 0.3 is 5.97 Å². The molecular weight excluding hydrogens is 478 g/mol. The summed E-state index contributed by atoms with van der Waals surface area (Å²) < 4.78 is 5.92. The number of anilines is 1. The van der Waals surface area contributed by atoms with E-state index in [0.29, 0.717) is 24.3 Å². The summed E-state index contributed by atoms with van der Waals surface area (Å²) in [6.07, 6.45) is 3.39. The number of pyridine rings is 1. The van der Waals surface area contributed by atoms with Gasteiger partial charge in [-0.1, -0.05) is 15.9 Å². The summed E-state index contributed by atoms with van der Waals surface area (Å²) in [5.41, 5.74) is 2.63. The van der Waals surface area contributed by atoms with E-state index < -0.39 is 0 Å². The van der Waals surface area contributed by atoms with Crippen molar-refractivity contribution in [3.63, 3.8) is 0 Å². The Hall–Kier alpha value is -3.10. The lowest BCUT2D eigenvalue weighted by Crippen LogP contribution is -2.42. The van der Waals surface area contributed by atoms with Crippen molar-refractivity contribution in [1.29, 1.82) is 0 Å². The van der Waals surface area contributed by atoms with Crippen molar-refractivity contribution in [3.8, 4) is 0 Å². The first-order valence-corrected chi connectivity index (χ1v) is 10.7. The van der Waals surface area contributed by atoms with Crippen LogP contribution in [0.3, 0.4) is 0 Å². The SMILES string of the molecule is CCOC(=O)c1ccc(N(Cc2ccncc2)C(=S)NC(=O)c2ccc(Br)cc2)cc1. The van der Waals surface area contributed by atoms with Gasteiger partial charge < -0.3 is 9.64 Å². The third kappa shape index (κ3) is 6.19. The summed E-state index contributed by atoms with van der Waals surface area (Å²) >= 11 is 8.92. The molecule has 2 aromatic carbocycles. The lowest BCUT2D eigenvalue weighted by atomic mass is 10.1. The molecule has 1 N–H and O–H groups in total. The van der Waals surface area contributed by atoms with Gasteiger partial charge in [0.2, 0.25) is 0 Å². The van der Waals surface area contributed by atoms with E-state index in [1.807, 2.05) is 12.1 Å². The lowest BCUT2D eigenvalue weighted by molar-refractivity contribution is 0.0526. The number of nitrogens with zero attached hydrogens (tertiary/aromatic N) is 2. The number of thiocarbonyl (C=S) groups is 1. The predicted molar refractivity (Wildman–Crippen MR) is 127 cm³/mol. The van der Waals surface area contributed by atoms with Crippen LogP contribution in [0, 0.1) is 0 Å². The third-order valence-corrected chi connectivity index (χ3v) is 5.20. The van der Waals surface area contributed by atoms with Crippen LogP contribution in [0.4, 0.5) is 5.69 Å². The fourth-order valence-corrected chi connectivity index (χ4v) is 3.31. The van der Waals surface area contributed by atoms with E-state index in [0.717, 1.165) is 15.7 Å². The van der Waals surface area contributed by atoms with E-state index in [2.05, 4.69) is 26.2 Å². The summed E-state index contributed by atoms with van der Waals surface area (Å²) in [5, 5.41) is 3.03. The Balaban J connectivity index is 1.83. The zero-order chi connectivity index (χ0) is 22.2. The zero-order valence-corrected chi connectivity index (χ0v) is 19.2. The van der Waals surface area contributed by atoms with Crippen LogP contribution >= 0.6 is 28.1 Å². The van der Waals surface area contributed by atoms with Crippen LogP contribution in [-0.2, 0) is 11.3 Å². The largest absolute Gasteiger partial charge is 0.462 e. The number of hydrogen-bond donors (Lipinski definition) is 1. The molecule has 1 heterocycles. The van der Waals surface area contributed by atoms with Crippen molar-refractivity contribution >= 4 is 50.8 Å². The van der Waals surface area contributed by atoms with Gasteiger partial charge in [0, 0.05) is 28.1 Å². The number of rotatable bonds is 6. The summed E-state index contributed by atoms with van der Waals surface area (Å²) in [6.45, 7) is 2.48. The van der Waals surface area contributed by atoms with E-state index in [4.69, 9.17) is 17.0 Å². The number of carbonyl (C=O) groups excluding carboxylic acids is 2. The minimum atomic E-state index is -0.388. The highest BCUT2D eigenvalue weighted by atomic mass is 79.9. The number of esters is 1. The smallest absolute Gasteiger partial charge is 0.338 e. The van der Waals surface area contributed by atoms with Crippen LogP contribution in [0.2, 0.25) is 0 Å². The third-order valence-electron chi connectivity index (χ3n) is 4.35. The molecule has 0 aliphatic heterocycles. The fourth-order valence-electron chi connectivity index (χ4n) is 2.78. The lowest BCUT2D eigenvalue weighted by Gasteiger charge is -2.26. The highest BCUT2D eigenvalue weighted by Gasteiger charge is 2.17. The normalized spacial score (nSPS) is 10.3. The minimum absolute atomic E-state index is 0.244. The Kier molecular flexibility index (Phi) is 7.86. The molecule has 6 nitrogen and oxygen atoms in total. The van der Waals surface area contributed by atoms with Crippen molar-refractivity contribution in [2.24, 2.45) is 0 Å². The Labute approximate surface area is 194 Å². The molecule has 0 bridgehead atoms. The average Bonchev–Trinajstić information content (AvgIpc) is 2.79. The Morgan fingerprint density at radius 2 is 1.61 bits per heavy atom. The maximum atomic E-state index is 12.7. The monoisotopic (exact) mass is 497 g/mol. The first-order valence-electron chi connectivity index (χ1n) is 9.52. The molecule has 1 aromatic heterocycles. The van der Waals surface area contributed by atoms with Crippen LogP contribution < -0.4 is 10.2 Å². The quantitative estimate of drug-likeness (QED) is 0.391. The molecule has 0 radical (unpaired) electrons. The Morgan fingerprint density at radius 1 is 1.00 bits per heavy atom. The number of ether oxygens (including phenoxy) is 1. The second-order valence-electron chi connectivity index (χ2n) is 6.48. The van der Waals surface area contributed by atoms with Crippen molar-refractivity contribution < 1.29 is 14.3 Å². The highest BCUT2D eigenvalue weighted by Crippen LogP contribution is 2.19. The van der Waals surface area contributed by atoms with Gasteiger partial charge in [0.15, 0.2) is 5.11 Å². The van der Waals surface area contributed by atoms with E-state index in [-0.39, 0.29) is 17.0 Å². The fraction of sp³-hybridized carbons (Fsp3) is 0.130. The molecule has 8 heteroatoms. The van der Waals surface area contributed by atoms with E-state index in [1.54, 1.807) is 72.7 Å². The van der Waals surface area contributed by atoms with Gasteiger partial charge in [0.25, 0.3) is 5.91 Å². The first-order chi connectivity index (χ1) is 15.0. The summed E-state index contributed by atoms with van der Waals surface area (Å²) in [6, 6.07) is 17.6. The van der Waals surface area contributed by atoms with Crippen LogP contribution in [0.15, 0.2) is 77.5 Å². The molecule has 0 saturated heterocycles. The van der Waals surface area contributed by atoms with Crippen LogP contribution in [0.5, 0.6) is 0 Å². The number of hydrogen-bond acceptors (Lipinski definition) is 5. The van der Waals surface area contributed by atoms with E-state index in [1.165, 1.54) is 0 Å². The summed E-state index contributed by atoms with van der Waals surface area (Å²) in [4.78, 5) is 30.4. The van der Waals surface area contributed by atoms with Crippen molar-refractivity contribution in [3.05, 3.63) is 94.2 Å². The predicted octanol–water partition coefficient (Wildman–Crippen LogP) is 4.74. The molecule has 3 aromatic rings. The molecule has 158 valence electrons. The Morgan fingerprint density at radius 3 is 2.23 bits per heavy atom. The number of benzene rings is 2. The number of halogens is 1. The molecule has 0 aliphatic carbocycles. The van der Waals surface area contributed by atoms with E-state index >= 15 is 0 Å². The standard InChI is InChI=1S/C23H20BrN3O3S/c1-2-30-22(29)18-5-9-20(10-6-18)27(15-16-11-13-25-14-12-16)23(31)26-21(28)17-3-7-19(24)8-4-17/h3-14H,2,15H2,1H3,(H,26,28,31). The molecule has 0 atom stereocenters. The van der Waals surface area contributed by atoms with Gasteiger partial charge in [-0.05, 0) is 85.4 Å². The van der Waals surface area contributed by atoms with Gasteiger partial charge in [-0.25, -0.2) is 4.79 Å². The molecular formula is C23H20BrN3O3S. The summed E-state index contributed by atoms with van der Waals surface area (Å²) in [7, 11) is 0. The van der Waals surface area contributed by atoms with E-state index in [9.17, 15) is 9.59 Å². The second-order valence-corrected chi connectivity index (χ2v) is 7.78. The van der Waals surface area contributed by atoms with Crippen molar-refractivity contribution in [2.75, 3.05) is 11.5 Å². The topological polar surface area (TPSA) is 71.5 Å². The molecule has 0 aliphatic rings. The maximum Gasteiger partial charge on any atom is 0.338 e. The average molecular weight is 498 g/mol. The van der Waals surface area contributed by atoms with Gasteiger partial charge in [-0.2, -0.15) is 0 Å². The van der Waals surface area contributed by atoms with Gasteiger partial charge in [0.1, 0.15) is 0 Å². The molecule has 0 spiro atoms. The van der Waals surface area contributed by atoms with Gasteiger partial charge in [-0.15, -0.1) is 0 Å². The second kappa shape index (κ2) is 10.8. The number of carbonyl (C=O) groups is 2. The minimum Gasteiger partial charge on any atom is -0.462 e. The molecule has 0 fully saturated rings. The van der Waals surface area contributed by atoms with Crippen molar-refractivity contribution in [2.45, 2.75) is 13.5 Å². The van der Waals surface area contributed by atoms with Crippen LogP contribution in [0.25, 0.3) is 0 Å². The molecule has 31 heavy (non-hydrogen) atoms. The zero-order valence-electron chi connectivity index (χ0n) is 16.7. The maximum absolute atomic E-state index is 12.7. The van der Waals surface area contributed by atoms with Gasteiger partial charge in [-0.3, -0.25) is 15.1 Å². The first kappa shape index (κ1) is 22.6.